The molecule has 0 aliphatic carbocycles. The smallest absolute Gasteiger partial charge is 0.407 e. The maximum absolute atomic E-state index is 11.4. The maximum Gasteiger partial charge on any atom is 0.407 e. The summed E-state index contributed by atoms with van der Waals surface area (Å²) in [6.07, 6.45) is 1.02. The van der Waals surface area contributed by atoms with Gasteiger partial charge in [0, 0.05) is 18.8 Å². The summed E-state index contributed by atoms with van der Waals surface area (Å²) >= 11 is 0. The molecule has 2 amide bonds. The molecule has 0 atom stereocenters. The molecule has 1 aromatic heterocycles. The lowest BCUT2D eigenvalue weighted by molar-refractivity contribution is 0.0963. The lowest BCUT2D eigenvalue weighted by Gasteiger charge is -2.05. The van der Waals surface area contributed by atoms with Crippen LogP contribution in [-0.4, -0.2) is 30.6 Å². The van der Waals surface area contributed by atoms with Gasteiger partial charge in [-0.3, -0.25) is 9.78 Å². The van der Waals surface area contributed by atoms with Crippen LogP contribution in [0.3, 0.4) is 0 Å². The Morgan fingerprint density at radius 3 is 2.88 bits per heavy atom. The number of carbonyl (C=O) groups is 2. The number of hydrogen-bond acceptors (Lipinski definition) is 4. The van der Waals surface area contributed by atoms with Crippen molar-refractivity contribution >= 4 is 12.0 Å². The van der Waals surface area contributed by atoms with E-state index in [1.54, 1.807) is 26.1 Å². The summed E-state index contributed by atoms with van der Waals surface area (Å²) in [5.74, 6) is -0.190. The van der Waals surface area contributed by atoms with E-state index in [1.807, 2.05) is 0 Å². The van der Waals surface area contributed by atoms with Gasteiger partial charge in [0.25, 0.3) is 5.91 Å². The molecule has 1 aromatic rings. The van der Waals surface area contributed by atoms with Crippen molar-refractivity contribution in [3.8, 4) is 0 Å². The number of nitrogens with zero attached hydrogens (tertiary/aromatic N) is 1. The van der Waals surface area contributed by atoms with Gasteiger partial charge in [-0.1, -0.05) is 0 Å². The van der Waals surface area contributed by atoms with Gasteiger partial charge in [0.2, 0.25) is 0 Å². The average Bonchev–Trinajstić information content (AvgIpc) is 2.36. The highest BCUT2D eigenvalue weighted by Gasteiger charge is 2.06. The Morgan fingerprint density at radius 2 is 2.24 bits per heavy atom. The van der Waals surface area contributed by atoms with Crippen LogP contribution < -0.4 is 10.6 Å². The summed E-state index contributed by atoms with van der Waals surface area (Å²) < 4.78 is 4.71. The maximum atomic E-state index is 11.4. The summed E-state index contributed by atoms with van der Waals surface area (Å²) in [5.41, 5.74) is 1.10. The van der Waals surface area contributed by atoms with Crippen LogP contribution >= 0.6 is 0 Å². The molecule has 6 nitrogen and oxygen atoms in total. The first kappa shape index (κ1) is 13.0. The summed E-state index contributed by atoms with van der Waals surface area (Å²) in [6.45, 7) is 2.27. The molecule has 17 heavy (non-hydrogen) atoms. The lowest BCUT2D eigenvalue weighted by atomic mass is 10.2. The highest BCUT2D eigenvalue weighted by Crippen LogP contribution is 2.01. The summed E-state index contributed by atoms with van der Waals surface area (Å²) in [5, 5.41) is 5.04. The van der Waals surface area contributed by atoms with Gasteiger partial charge >= 0.3 is 6.09 Å². The van der Waals surface area contributed by atoms with E-state index in [-0.39, 0.29) is 12.5 Å². The van der Waals surface area contributed by atoms with E-state index in [0.717, 1.165) is 0 Å². The highest BCUT2D eigenvalue weighted by atomic mass is 16.5. The van der Waals surface area contributed by atoms with E-state index in [4.69, 9.17) is 4.74 Å². The number of pyridine rings is 1. The van der Waals surface area contributed by atoms with Crippen molar-refractivity contribution in [2.24, 2.45) is 0 Å². The lowest BCUT2D eigenvalue weighted by Crippen LogP contribution is -2.24. The van der Waals surface area contributed by atoms with Crippen molar-refractivity contribution in [3.05, 3.63) is 29.6 Å². The second-order valence-corrected chi connectivity index (χ2v) is 3.19. The Balaban J connectivity index is 2.60. The van der Waals surface area contributed by atoms with Crippen molar-refractivity contribution in [2.45, 2.75) is 13.5 Å². The van der Waals surface area contributed by atoms with Crippen LogP contribution in [0, 0.1) is 0 Å². The Bertz CT molecular complexity index is 407. The van der Waals surface area contributed by atoms with Crippen LogP contribution in [0.1, 0.15) is 23.0 Å². The predicted molar refractivity (Wildman–Crippen MR) is 61.5 cm³/mol. The monoisotopic (exact) mass is 237 g/mol. The van der Waals surface area contributed by atoms with Crippen LogP contribution in [0.5, 0.6) is 0 Å². The first-order valence-corrected chi connectivity index (χ1v) is 5.25. The fourth-order valence-corrected chi connectivity index (χ4v) is 1.21. The van der Waals surface area contributed by atoms with E-state index in [1.165, 1.54) is 6.20 Å². The second kappa shape index (κ2) is 6.47. The number of carbonyl (C=O) groups excluding carboxylic acids is 2. The van der Waals surface area contributed by atoms with Gasteiger partial charge in [0.1, 0.15) is 0 Å². The fourth-order valence-electron chi connectivity index (χ4n) is 1.21. The van der Waals surface area contributed by atoms with Crippen LogP contribution in [0.25, 0.3) is 0 Å². The number of hydrogen-bond donors (Lipinski definition) is 2. The van der Waals surface area contributed by atoms with Crippen molar-refractivity contribution in [3.63, 3.8) is 0 Å². The third-order valence-electron chi connectivity index (χ3n) is 2.00. The zero-order valence-corrected chi connectivity index (χ0v) is 9.82. The molecule has 0 aliphatic heterocycles. The Morgan fingerprint density at radius 1 is 1.47 bits per heavy atom. The van der Waals surface area contributed by atoms with Crippen molar-refractivity contribution in [1.29, 1.82) is 0 Å². The van der Waals surface area contributed by atoms with Gasteiger partial charge in [-0.15, -0.1) is 0 Å². The van der Waals surface area contributed by atoms with E-state index >= 15 is 0 Å². The van der Waals surface area contributed by atoms with E-state index in [9.17, 15) is 9.59 Å². The number of aromatic nitrogens is 1. The summed E-state index contributed by atoms with van der Waals surface area (Å²) in [6, 6.07) is 3.22. The number of nitrogens with one attached hydrogen (secondary N) is 2. The summed E-state index contributed by atoms with van der Waals surface area (Å²) in [7, 11) is 1.55. The van der Waals surface area contributed by atoms with Crippen LogP contribution in [0.2, 0.25) is 0 Å². The molecule has 6 heteroatoms. The normalized spacial score (nSPS) is 9.53. The van der Waals surface area contributed by atoms with Crippen molar-refractivity contribution < 1.29 is 14.3 Å². The minimum absolute atomic E-state index is 0.190. The zero-order chi connectivity index (χ0) is 12.7. The van der Waals surface area contributed by atoms with Crippen LogP contribution in [-0.2, 0) is 11.3 Å². The fraction of sp³-hybridized carbons (Fsp3) is 0.364. The molecule has 0 saturated heterocycles. The van der Waals surface area contributed by atoms with Gasteiger partial charge < -0.3 is 15.4 Å². The van der Waals surface area contributed by atoms with Gasteiger partial charge in [-0.25, -0.2) is 4.79 Å². The topological polar surface area (TPSA) is 80.3 Å². The molecule has 92 valence electrons. The molecule has 1 rings (SSSR count). The number of amides is 2. The molecular weight excluding hydrogens is 222 g/mol. The molecule has 0 fully saturated rings. The minimum Gasteiger partial charge on any atom is -0.450 e. The minimum atomic E-state index is -0.500. The van der Waals surface area contributed by atoms with E-state index < -0.39 is 6.09 Å². The number of rotatable bonds is 4. The molecule has 0 aliphatic rings. The molecule has 0 saturated carbocycles. The number of ether oxygens (including phenoxy) is 1. The first-order valence-electron chi connectivity index (χ1n) is 5.25. The number of alkyl carbamates (subject to hydrolysis) is 1. The first-order chi connectivity index (χ1) is 8.17. The zero-order valence-electron chi connectivity index (χ0n) is 9.82. The second-order valence-electron chi connectivity index (χ2n) is 3.19. The van der Waals surface area contributed by atoms with Crippen LogP contribution in [0.15, 0.2) is 18.3 Å². The van der Waals surface area contributed by atoms with Gasteiger partial charge in [0.15, 0.2) is 0 Å². The predicted octanol–water partition coefficient (Wildman–Crippen LogP) is 0.687. The standard InChI is InChI=1S/C11H15N3O3/c1-3-17-11(16)14-7-9-6-8(4-5-13-9)10(15)12-2/h4-6H,3,7H2,1-2H3,(H,12,15)(H,14,16). The molecular formula is C11H15N3O3. The molecule has 0 radical (unpaired) electrons. The van der Waals surface area contributed by atoms with E-state index in [0.29, 0.717) is 17.9 Å². The SMILES string of the molecule is CCOC(=O)NCc1cc(C(=O)NC)ccn1. The molecule has 2 N–H and O–H groups in total. The Hall–Kier alpha value is -2.11. The van der Waals surface area contributed by atoms with Gasteiger partial charge in [-0.2, -0.15) is 0 Å². The largest absolute Gasteiger partial charge is 0.450 e. The average molecular weight is 237 g/mol. The molecule has 0 aromatic carbocycles. The van der Waals surface area contributed by atoms with Crippen LogP contribution in [0.4, 0.5) is 4.79 Å². The Labute approximate surface area is 99.4 Å². The third kappa shape index (κ3) is 4.10. The van der Waals surface area contributed by atoms with Gasteiger partial charge in [-0.05, 0) is 19.1 Å². The molecule has 0 spiro atoms. The van der Waals surface area contributed by atoms with E-state index in [2.05, 4.69) is 15.6 Å². The quantitative estimate of drug-likeness (QED) is 0.807. The summed E-state index contributed by atoms with van der Waals surface area (Å²) in [4.78, 5) is 26.4. The van der Waals surface area contributed by atoms with Gasteiger partial charge in [0.05, 0.1) is 18.8 Å². The highest BCUT2D eigenvalue weighted by molar-refractivity contribution is 5.93. The molecule has 0 unspecified atom stereocenters. The molecule has 0 bridgehead atoms. The Kier molecular flexibility index (Phi) is 4.93. The van der Waals surface area contributed by atoms with Crippen molar-refractivity contribution in [1.82, 2.24) is 15.6 Å². The molecule has 1 heterocycles. The van der Waals surface area contributed by atoms with Crippen molar-refractivity contribution in [2.75, 3.05) is 13.7 Å². The third-order valence-corrected chi connectivity index (χ3v) is 2.00.